The van der Waals surface area contributed by atoms with Gasteiger partial charge >= 0.3 is 0 Å². The Morgan fingerprint density at radius 3 is 2.53 bits per heavy atom. The minimum Gasteiger partial charge on any atom is -0.490 e. The summed E-state index contributed by atoms with van der Waals surface area (Å²) < 4.78 is 45.9. The maximum Gasteiger partial charge on any atom is 0.200 e. The molecular weight excluding hydrogens is 386 g/mol. The Morgan fingerprint density at radius 2 is 1.87 bits per heavy atom. The SMILES string of the molecule is C/C=C/c1ccc(COC2CCC(c3ccc(OCCCC)c(F)c3F)CO2)cc1. The van der Waals surface area contributed by atoms with E-state index < -0.39 is 11.6 Å². The van der Waals surface area contributed by atoms with Crippen LogP contribution < -0.4 is 4.74 Å². The molecule has 2 aromatic carbocycles. The number of hydrogen-bond donors (Lipinski definition) is 0. The third kappa shape index (κ3) is 5.89. The van der Waals surface area contributed by atoms with Crippen molar-refractivity contribution < 1.29 is 23.0 Å². The molecule has 0 saturated carbocycles. The fourth-order valence-electron chi connectivity index (χ4n) is 3.51. The molecule has 2 unspecified atom stereocenters. The van der Waals surface area contributed by atoms with E-state index in [1.807, 2.05) is 50.3 Å². The Kier molecular flexibility index (Phi) is 8.40. The van der Waals surface area contributed by atoms with Gasteiger partial charge in [0.2, 0.25) is 5.82 Å². The lowest BCUT2D eigenvalue weighted by Gasteiger charge is -2.29. The van der Waals surface area contributed by atoms with Crippen LogP contribution in [0.2, 0.25) is 0 Å². The quantitative estimate of drug-likeness (QED) is 0.430. The van der Waals surface area contributed by atoms with Crippen molar-refractivity contribution in [2.45, 2.75) is 58.3 Å². The van der Waals surface area contributed by atoms with Gasteiger partial charge in [-0.3, -0.25) is 0 Å². The molecule has 0 aliphatic carbocycles. The standard InChI is InChI=1S/C25H30F2O3/c1-3-5-15-28-22-13-12-21(24(26)25(22)27)20-11-14-23(30-17-20)29-16-19-9-7-18(6-4-2)8-10-19/h4,6-10,12-13,20,23H,3,5,11,14-17H2,1-2H3/b6-4+. The van der Waals surface area contributed by atoms with Crippen molar-refractivity contribution in [3.05, 3.63) is 70.8 Å². The van der Waals surface area contributed by atoms with Gasteiger partial charge in [-0.25, -0.2) is 4.39 Å². The second kappa shape index (κ2) is 11.2. The molecule has 30 heavy (non-hydrogen) atoms. The minimum atomic E-state index is -0.914. The van der Waals surface area contributed by atoms with Crippen molar-refractivity contribution in [3.63, 3.8) is 0 Å². The molecule has 3 rings (SSSR count). The molecule has 0 bridgehead atoms. The Bertz CT molecular complexity index is 825. The van der Waals surface area contributed by atoms with Crippen LogP contribution in [0, 0.1) is 11.6 Å². The summed E-state index contributed by atoms with van der Waals surface area (Å²) in [7, 11) is 0. The average molecular weight is 417 g/mol. The highest BCUT2D eigenvalue weighted by Gasteiger charge is 2.27. The van der Waals surface area contributed by atoms with Gasteiger partial charge in [-0.05, 0) is 48.9 Å². The lowest BCUT2D eigenvalue weighted by atomic mass is 9.92. The Balaban J connectivity index is 1.50. The molecule has 3 nitrogen and oxygen atoms in total. The highest BCUT2D eigenvalue weighted by molar-refractivity contribution is 5.49. The molecule has 1 heterocycles. The van der Waals surface area contributed by atoms with Gasteiger partial charge in [0.05, 0.1) is 19.8 Å². The van der Waals surface area contributed by atoms with E-state index in [2.05, 4.69) is 0 Å². The molecule has 162 valence electrons. The van der Waals surface area contributed by atoms with Gasteiger partial charge in [-0.2, -0.15) is 4.39 Å². The van der Waals surface area contributed by atoms with E-state index in [0.717, 1.165) is 24.0 Å². The number of benzene rings is 2. The maximum absolute atomic E-state index is 14.6. The lowest BCUT2D eigenvalue weighted by molar-refractivity contribution is -0.173. The lowest BCUT2D eigenvalue weighted by Crippen LogP contribution is -2.27. The average Bonchev–Trinajstić information content (AvgIpc) is 2.77. The van der Waals surface area contributed by atoms with Crippen LogP contribution in [0.1, 0.15) is 62.1 Å². The van der Waals surface area contributed by atoms with Gasteiger partial charge in [0, 0.05) is 5.92 Å². The normalized spacial score (nSPS) is 19.3. The summed E-state index contributed by atoms with van der Waals surface area (Å²) in [6, 6.07) is 11.3. The van der Waals surface area contributed by atoms with Crippen molar-refractivity contribution in [2.24, 2.45) is 0 Å². The Morgan fingerprint density at radius 1 is 1.07 bits per heavy atom. The molecule has 0 radical (unpaired) electrons. The zero-order valence-electron chi connectivity index (χ0n) is 17.7. The van der Waals surface area contributed by atoms with Crippen LogP contribution in [0.15, 0.2) is 42.5 Å². The predicted octanol–water partition coefficient (Wildman–Crippen LogP) is 6.61. The van der Waals surface area contributed by atoms with E-state index >= 15 is 0 Å². The van der Waals surface area contributed by atoms with Gasteiger partial charge in [-0.1, -0.05) is 55.8 Å². The number of hydrogen-bond acceptors (Lipinski definition) is 3. The molecular formula is C25H30F2O3. The third-order valence-corrected chi connectivity index (χ3v) is 5.28. The molecule has 2 atom stereocenters. The van der Waals surface area contributed by atoms with Crippen molar-refractivity contribution in [1.82, 2.24) is 0 Å². The van der Waals surface area contributed by atoms with Crippen molar-refractivity contribution in [1.29, 1.82) is 0 Å². The predicted molar refractivity (Wildman–Crippen MR) is 114 cm³/mol. The summed E-state index contributed by atoms with van der Waals surface area (Å²) in [6.07, 6.45) is 6.77. The molecule has 0 spiro atoms. The van der Waals surface area contributed by atoms with E-state index in [1.54, 1.807) is 6.07 Å². The zero-order chi connectivity index (χ0) is 21.3. The van der Waals surface area contributed by atoms with Crippen molar-refractivity contribution >= 4 is 6.08 Å². The molecule has 1 aliphatic rings. The summed E-state index contributed by atoms with van der Waals surface area (Å²) in [4.78, 5) is 0. The summed E-state index contributed by atoms with van der Waals surface area (Å²) in [5, 5.41) is 0. The Hall–Kier alpha value is -2.24. The molecule has 0 amide bonds. The Labute approximate surface area is 177 Å². The molecule has 2 aromatic rings. The monoisotopic (exact) mass is 416 g/mol. The van der Waals surface area contributed by atoms with Crippen LogP contribution in [-0.2, 0) is 16.1 Å². The zero-order valence-corrected chi connectivity index (χ0v) is 17.7. The van der Waals surface area contributed by atoms with Crippen LogP contribution in [0.25, 0.3) is 6.08 Å². The molecule has 1 saturated heterocycles. The van der Waals surface area contributed by atoms with Gasteiger partial charge < -0.3 is 14.2 Å². The first-order valence-electron chi connectivity index (χ1n) is 10.7. The van der Waals surface area contributed by atoms with Crippen LogP contribution in [0.5, 0.6) is 5.75 Å². The summed E-state index contributed by atoms with van der Waals surface area (Å²) in [5.41, 5.74) is 2.56. The van der Waals surface area contributed by atoms with Crippen LogP contribution in [0.3, 0.4) is 0 Å². The second-order valence-electron chi connectivity index (χ2n) is 7.57. The summed E-state index contributed by atoms with van der Waals surface area (Å²) >= 11 is 0. The number of allylic oxidation sites excluding steroid dienone is 1. The highest BCUT2D eigenvalue weighted by Crippen LogP contribution is 2.34. The highest BCUT2D eigenvalue weighted by atomic mass is 19.2. The van der Waals surface area contributed by atoms with Crippen molar-refractivity contribution in [3.8, 4) is 5.75 Å². The van der Waals surface area contributed by atoms with Crippen molar-refractivity contribution in [2.75, 3.05) is 13.2 Å². The van der Waals surface area contributed by atoms with E-state index in [4.69, 9.17) is 14.2 Å². The van der Waals surface area contributed by atoms with E-state index in [0.29, 0.717) is 38.2 Å². The summed E-state index contributed by atoms with van der Waals surface area (Å²) in [5.74, 6) is -1.96. The first kappa shape index (κ1) is 22.4. The summed E-state index contributed by atoms with van der Waals surface area (Å²) in [6.45, 7) is 5.15. The first-order valence-corrected chi connectivity index (χ1v) is 10.7. The third-order valence-electron chi connectivity index (χ3n) is 5.28. The second-order valence-corrected chi connectivity index (χ2v) is 7.57. The van der Waals surface area contributed by atoms with Gasteiger partial charge in [-0.15, -0.1) is 0 Å². The van der Waals surface area contributed by atoms with Gasteiger partial charge in [0.25, 0.3) is 0 Å². The van der Waals surface area contributed by atoms with Gasteiger partial charge in [0.1, 0.15) is 0 Å². The molecule has 5 heteroatoms. The molecule has 1 fully saturated rings. The number of rotatable bonds is 9. The topological polar surface area (TPSA) is 27.7 Å². The molecule has 0 aromatic heterocycles. The number of ether oxygens (including phenoxy) is 3. The smallest absolute Gasteiger partial charge is 0.200 e. The maximum atomic E-state index is 14.6. The number of unbranched alkanes of at least 4 members (excludes halogenated alkanes) is 1. The van der Waals surface area contributed by atoms with Crippen LogP contribution in [-0.4, -0.2) is 19.5 Å². The minimum absolute atomic E-state index is 0.0249. The van der Waals surface area contributed by atoms with E-state index in [9.17, 15) is 8.78 Å². The van der Waals surface area contributed by atoms with Crippen LogP contribution in [0.4, 0.5) is 8.78 Å². The van der Waals surface area contributed by atoms with Gasteiger partial charge in [0.15, 0.2) is 17.9 Å². The van der Waals surface area contributed by atoms with Crippen LogP contribution >= 0.6 is 0 Å². The van der Waals surface area contributed by atoms with E-state index in [1.165, 1.54) is 6.07 Å². The molecule has 1 aliphatic heterocycles. The largest absolute Gasteiger partial charge is 0.490 e. The molecule has 0 N–H and O–H groups in total. The number of halogens is 2. The van der Waals surface area contributed by atoms with E-state index in [-0.39, 0.29) is 18.0 Å². The first-order chi connectivity index (χ1) is 14.6. The fourth-order valence-corrected chi connectivity index (χ4v) is 3.51. The fraction of sp³-hybridized carbons (Fsp3) is 0.440.